The Labute approximate surface area is 139 Å². The summed E-state index contributed by atoms with van der Waals surface area (Å²) >= 11 is 1.03. The Bertz CT molecular complexity index is 826. The quantitative estimate of drug-likeness (QED) is 0.808. The molecule has 2 rings (SSSR count). The van der Waals surface area contributed by atoms with Crippen molar-refractivity contribution in [3.8, 4) is 0 Å². The molecule has 0 bridgehead atoms. The molecule has 130 valence electrons. The Hall–Kier alpha value is -1.91. The predicted molar refractivity (Wildman–Crippen MR) is 81.6 cm³/mol. The molecule has 0 aliphatic carbocycles. The fourth-order valence-electron chi connectivity index (χ4n) is 1.84. The lowest BCUT2D eigenvalue weighted by Crippen LogP contribution is -2.25. The van der Waals surface area contributed by atoms with Crippen LogP contribution in [0.15, 0.2) is 41.3 Å². The van der Waals surface area contributed by atoms with Gasteiger partial charge in [-0.15, -0.1) is 11.3 Å². The van der Waals surface area contributed by atoms with E-state index >= 15 is 0 Å². The molecule has 2 aromatic rings. The molecule has 0 aliphatic heterocycles. The summed E-state index contributed by atoms with van der Waals surface area (Å²) in [5.74, 6) is -1.06. The maximum Gasteiger partial charge on any atom is 0.416 e. The Balaban J connectivity index is 1.99. The second-order valence-electron chi connectivity index (χ2n) is 4.74. The monoisotopic (exact) mass is 379 g/mol. The molecular weight excluding hydrogens is 367 g/mol. The summed E-state index contributed by atoms with van der Waals surface area (Å²) in [6.45, 7) is 0.00290. The van der Waals surface area contributed by atoms with Crippen molar-refractivity contribution in [2.24, 2.45) is 0 Å². The van der Waals surface area contributed by atoms with Crippen LogP contribution >= 0.6 is 11.3 Å². The molecule has 0 spiro atoms. The van der Waals surface area contributed by atoms with Crippen molar-refractivity contribution in [2.45, 2.75) is 17.5 Å². The highest BCUT2D eigenvalue weighted by Crippen LogP contribution is 2.29. The maximum atomic E-state index is 12.5. The number of carboxylic acids is 1. The average molecular weight is 379 g/mol. The third-order valence-electron chi connectivity index (χ3n) is 3.03. The third kappa shape index (κ3) is 4.56. The van der Waals surface area contributed by atoms with Gasteiger partial charge in [-0.1, -0.05) is 0 Å². The van der Waals surface area contributed by atoms with Crippen LogP contribution in [0.4, 0.5) is 13.2 Å². The molecule has 0 aliphatic rings. The summed E-state index contributed by atoms with van der Waals surface area (Å²) in [5, 5.41) is 8.80. The Morgan fingerprint density at radius 3 is 2.25 bits per heavy atom. The molecular formula is C14H12F3NO4S2. The lowest BCUT2D eigenvalue weighted by molar-refractivity contribution is -0.137. The minimum Gasteiger partial charge on any atom is -0.477 e. The van der Waals surface area contributed by atoms with Crippen LogP contribution in [0.25, 0.3) is 0 Å². The number of alkyl halides is 3. The Morgan fingerprint density at radius 1 is 1.12 bits per heavy atom. The van der Waals surface area contributed by atoms with Gasteiger partial charge in [0, 0.05) is 11.4 Å². The van der Waals surface area contributed by atoms with E-state index in [1.165, 1.54) is 6.07 Å². The van der Waals surface area contributed by atoms with Crippen LogP contribution in [0.1, 0.15) is 20.1 Å². The van der Waals surface area contributed by atoms with Gasteiger partial charge in [-0.3, -0.25) is 0 Å². The van der Waals surface area contributed by atoms with E-state index in [0.717, 1.165) is 23.5 Å². The summed E-state index contributed by atoms with van der Waals surface area (Å²) in [6, 6.07) is 6.19. The van der Waals surface area contributed by atoms with E-state index in [9.17, 15) is 26.4 Å². The van der Waals surface area contributed by atoms with Crippen molar-refractivity contribution >= 4 is 27.3 Å². The lowest BCUT2D eigenvalue weighted by atomic mass is 10.2. The fraction of sp³-hybridized carbons (Fsp3) is 0.214. The Kier molecular flexibility index (Phi) is 5.31. The molecule has 1 aromatic heterocycles. The summed E-state index contributed by atoms with van der Waals surface area (Å²) in [4.78, 5) is 11.3. The van der Waals surface area contributed by atoms with Gasteiger partial charge in [-0.05, 0) is 42.8 Å². The molecule has 0 fully saturated rings. The summed E-state index contributed by atoms with van der Waals surface area (Å²) in [5.41, 5.74) is -0.929. The molecule has 0 unspecified atom stereocenters. The normalized spacial score (nSPS) is 12.3. The fourth-order valence-corrected chi connectivity index (χ4v) is 3.72. The van der Waals surface area contributed by atoms with E-state index < -0.39 is 27.7 Å². The number of hydrogen-bond donors (Lipinski definition) is 2. The van der Waals surface area contributed by atoms with Gasteiger partial charge >= 0.3 is 12.1 Å². The first-order valence-electron chi connectivity index (χ1n) is 6.58. The van der Waals surface area contributed by atoms with Gasteiger partial charge in [0.15, 0.2) is 0 Å². The van der Waals surface area contributed by atoms with Gasteiger partial charge in [-0.25, -0.2) is 17.9 Å². The van der Waals surface area contributed by atoms with Crippen molar-refractivity contribution in [3.05, 3.63) is 51.7 Å². The molecule has 0 saturated heterocycles. The molecule has 1 heterocycles. The number of aromatic carboxylic acids is 1. The third-order valence-corrected chi connectivity index (χ3v) is 5.64. The van der Waals surface area contributed by atoms with E-state index in [0.29, 0.717) is 17.0 Å². The summed E-state index contributed by atoms with van der Waals surface area (Å²) < 4.78 is 63.7. The number of sulfonamides is 1. The van der Waals surface area contributed by atoms with E-state index in [1.54, 1.807) is 6.07 Å². The van der Waals surface area contributed by atoms with Crippen LogP contribution in [0, 0.1) is 0 Å². The second-order valence-corrected chi connectivity index (χ2v) is 7.68. The highest BCUT2D eigenvalue weighted by molar-refractivity contribution is 7.89. The number of thiophene rings is 1. The number of carboxylic acid groups (broad SMARTS) is 1. The molecule has 0 radical (unpaired) electrons. The van der Waals surface area contributed by atoms with Crippen LogP contribution in [-0.4, -0.2) is 26.0 Å². The van der Waals surface area contributed by atoms with Gasteiger partial charge in [0.1, 0.15) is 4.88 Å². The highest BCUT2D eigenvalue weighted by atomic mass is 32.2. The highest BCUT2D eigenvalue weighted by Gasteiger charge is 2.30. The van der Waals surface area contributed by atoms with Crippen molar-refractivity contribution in [1.29, 1.82) is 0 Å². The number of rotatable bonds is 6. The molecule has 1 aromatic carbocycles. The number of nitrogens with one attached hydrogen (secondary N) is 1. The van der Waals surface area contributed by atoms with E-state index in [4.69, 9.17) is 5.11 Å². The molecule has 0 saturated carbocycles. The van der Waals surface area contributed by atoms with Crippen LogP contribution in [-0.2, 0) is 22.6 Å². The van der Waals surface area contributed by atoms with Crippen LogP contribution in [0.2, 0.25) is 0 Å². The van der Waals surface area contributed by atoms with Crippen LogP contribution < -0.4 is 4.72 Å². The predicted octanol–water partition coefficient (Wildman–Crippen LogP) is 2.99. The first-order chi connectivity index (χ1) is 11.1. The number of halogens is 3. The van der Waals surface area contributed by atoms with Crippen molar-refractivity contribution in [3.63, 3.8) is 0 Å². The second kappa shape index (κ2) is 6.91. The van der Waals surface area contributed by atoms with E-state index in [1.807, 2.05) is 0 Å². The van der Waals surface area contributed by atoms with E-state index in [-0.39, 0.29) is 22.7 Å². The number of hydrogen-bond acceptors (Lipinski definition) is 4. The van der Waals surface area contributed by atoms with Gasteiger partial charge in [0.05, 0.1) is 10.5 Å². The largest absolute Gasteiger partial charge is 0.477 e. The van der Waals surface area contributed by atoms with Crippen molar-refractivity contribution < 1.29 is 31.5 Å². The average Bonchev–Trinajstić information content (AvgIpc) is 2.95. The van der Waals surface area contributed by atoms with Crippen LogP contribution in [0.3, 0.4) is 0 Å². The topological polar surface area (TPSA) is 83.5 Å². The van der Waals surface area contributed by atoms with Gasteiger partial charge in [-0.2, -0.15) is 13.2 Å². The summed E-state index contributed by atoms with van der Waals surface area (Å²) in [7, 11) is -3.93. The maximum absolute atomic E-state index is 12.5. The number of carbonyl (C=O) groups is 1. The van der Waals surface area contributed by atoms with Gasteiger partial charge in [0.2, 0.25) is 10.0 Å². The molecule has 0 atom stereocenters. The molecule has 5 nitrogen and oxygen atoms in total. The minimum absolute atomic E-state index is 0.00290. The molecule has 24 heavy (non-hydrogen) atoms. The number of benzene rings is 1. The summed E-state index contributed by atoms with van der Waals surface area (Å²) in [6.07, 6.45) is -4.26. The standard InChI is InChI=1S/C14H12F3NO4S2/c15-14(16,17)9-1-4-11(5-2-9)24(21,22)18-8-7-10-3-6-12(23-10)13(19)20/h1-6,18H,7-8H2,(H,19,20). The Morgan fingerprint density at radius 2 is 1.75 bits per heavy atom. The van der Waals surface area contributed by atoms with E-state index in [2.05, 4.69) is 4.72 Å². The lowest BCUT2D eigenvalue weighted by Gasteiger charge is -2.09. The van der Waals surface area contributed by atoms with Gasteiger partial charge < -0.3 is 5.11 Å². The zero-order valence-electron chi connectivity index (χ0n) is 12.0. The smallest absolute Gasteiger partial charge is 0.416 e. The molecule has 0 amide bonds. The first kappa shape index (κ1) is 18.4. The van der Waals surface area contributed by atoms with Crippen LogP contribution in [0.5, 0.6) is 0 Å². The minimum atomic E-state index is -4.53. The SMILES string of the molecule is O=C(O)c1ccc(CCNS(=O)(=O)c2ccc(C(F)(F)F)cc2)s1. The van der Waals surface area contributed by atoms with Gasteiger partial charge in [0.25, 0.3) is 0 Å². The van der Waals surface area contributed by atoms with Crippen molar-refractivity contribution in [2.75, 3.05) is 6.54 Å². The first-order valence-corrected chi connectivity index (χ1v) is 8.88. The zero-order chi connectivity index (χ0) is 18.0. The molecule has 10 heteroatoms. The molecule has 2 N–H and O–H groups in total. The van der Waals surface area contributed by atoms with Crippen molar-refractivity contribution in [1.82, 2.24) is 4.72 Å². The zero-order valence-corrected chi connectivity index (χ0v) is 13.6.